The highest BCUT2D eigenvalue weighted by molar-refractivity contribution is 5.64. The average molecular weight is 384 g/mol. The second kappa shape index (κ2) is 8.37. The van der Waals surface area contributed by atoms with Crippen LogP contribution in [0.3, 0.4) is 0 Å². The highest BCUT2D eigenvalue weighted by Crippen LogP contribution is 2.30. The van der Waals surface area contributed by atoms with Crippen LogP contribution in [-0.4, -0.2) is 46.6 Å². The van der Waals surface area contributed by atoms with Gasteiger partial charge < -0.3 is 24.8 Å². The number of aryl methyl sites for hydroxylation is 3. The third-order valence-electron chi connectivity index (χ3n) is 4.22. The van der Waals surface area contributed by atoms with Crippen LogP contribution in [-0.2, 0) is 0 Å². The van der Waals surface area contributed by atoms with Crippen molar-refractivity contribution in [1.29, 1.82) is 0 Å². The van der Waals surface area contributed by atoms with Crippen molar-refractivity contribution >= 4 is 0 Å². The van der Waals surface area contributed by atoms with Gasteiger partial charge in [0.1, 0.15) is 18.5 Å². The first kappa shape index (κ1) is 19.8. The zero-order valence-electron chi connectivity index (χ0n) is 16.4. The van der Waals surface area contributed by atoms with Gasteiger partial charge in [-0.05, 0) is 50.1 Å². The van der Waals surface area contributed by atoms with E-state index >= 15 is 0 Å². The quantitative estimate of drug-likeness (QED) is 0.638. The zero-order valence-corrected chi connectivity index (χ0v) is 16.4. The van der Waals surface area contributed by atoms with Gasteiger partial charge >= 0.3 is 0 Å². The van der Waals surface area contributed by atoms with Gasteiger partial charge in [0.05, 0.1) is 7.11 Å². The van der Waals surface area contributed by atoms with Crippen LogP contribution in [0.4, 0.5) is 0 Å². The Morgan fingerprint density at radius 2 is 1.79 bits per heavy atom. The summed E-state index contributed by atoms with van der Waals surface area (Å²) in [5, 5.41) is 13.7. The number of aromatic nitrogens is 3. The molecule has 0 aliphatic carbocycles. The molecule has 0 saturated carbocycles. The molecule has 3 N–H and O–H groups in total. The summed E-state index contributed by atoms with van der Waals surface area (Å²) in [7, 11) is 1.56. The maximum absolute atomic E-state index is 9.61. The van der Waals surface area contributed by atoms with E-state index in [-0.39, 0.29) is 13.2 Å². The first-order chi connectivity index (χ1) is 13.4. The van der Waals surface area contributed by atoms with Crippen molar-refractivity contribution in [3.63, 3.8) is 0 Å². The molecule has 1 atom stereocenters. The maximum Gasteiger partial charge on any atom is 0.258 e. The molecule has 28 heavy (non-hydrogen) atoms. The molecule has 8 heteroatoms. The molecule has 1 aromatic carbocycles. The fraction of sp³-hybridized carbons (Fsp3) is 0.350. The Hall–Kier alpha value is -2.97. The largest absolute Gasteiger partial charge is 0.490 e. The molecule has 0 unspecified atom stereocenters. The van der Waals surface area contributed by atoms with E-state index in [0.717, 1.165) is 33.7 Å². The fourth-order valence-corrected chi connectivity index (χ4v) is 2.88. The number of pyridine rings is 1. The topological polar surface area (TPSA) is 117 Å². The van der Waals surface area contributed by atoms with Gasteiger partial charge in [-0.2, -0.15) is 4.98 Å². The van der Waals surface area contributed by atoms with Crippen LogP contribution in [0, 0.1) is 20.8 Å². The summed E-state index contributed by atoms with van der Waals surface area (Å²) in [6.45, 7) is 6.03. The maximum atomic E-state index is 9.61. The first-order valence-corrected chi connectivity index (χ1v) is 8.90. The van der Waals surface area contributed by atoms with Crippen LogP contribution in [0.5, 0.6) is 11.6 Å². The van der Waals surface area contributed by atoms with E-state index in [2.05, 4.69) is 15.1 Å². The lowest BCUT2D eigenvalue weighted by molar-refractivity contribution is 0.113. The Morgan fingerprint density at radius 1 is 1.07 bits per heavy atom. The lowest BCUT2D eigenvalue weighted by Crippen LogP contribution is -2.26. The van der Waals surface area contributed by atoms with Crippen LogP contribution < -0.4 is 15.2 Å². The van der Waals surface area contributed by atoms with E-state index in [4.69, 9.17) is 19.7 Å². The minimum absolute atomic E-state index is 0.146. The second-order valence-electron chi connectivity index (χ2n) is 6.60. The van der Waals surface area contributed by atoms with Gasteiger partial charge in [0, 0.05) is 29.4 Å². The van der Waals surface area contributed by atoms with Crippen molar-refractivity contribution in [2.45, 2.75) is 26.9 Å². The number of aliphatic hydroxyl groups is 1. The summed E-state index contributed by atoms with van der Waals surface area (Å²) in [6.07, 6.45) is -0.695. The number of aliphatic hydroxyl groups excluding tert-OH is 1. The third kappa shape index (κ3) is 4.29. The highest BCUT2D eigenvalue weighted by Gasteiger charge is 2.16. The van der Waals surface area contributed by atoms with Crippen molar-refractivity contribution in [1.82, 2.24) is 15.1 Å². The molecule has 0 amide bonds. The van der Waals surface area contributed by atoms with Crippen LogP contribution in [0.2, 0.25) is 0 Å². The summed E-state index contributed by atoms with van der Waals surface area (Å²) in [6, 6.07) is 7.45. The fourth-order valence-electron chi connectivity index (χ4n) is 2.88. The summed E-state index contributed by atoms with van der Waals surface area (Å²) < 4.78 is 16.4. The zero-order chi connectivity index (χ0) is 20.3. The van der Waals surface area contributed by atoms with Gasteiger partial charge in [0.15, 0.2) is 0 Å². The molecule has 3 rings (SSSR count). The molecule has 2 aromatic heterocycles. The molecule has 0 aliphatic heterocycles. The molecule has 0 bridgehead atoms. The minimum atomic E-state index is -0.695. The minimum Gasteiger partial charge on any atom is -0.490 e. The van der Waals surface area contributed by atoms with Crippen molar-refractivity contribution < 1.29 is 19.1 Å². The van der Waals surface area contributed by atoms with E-state index in [1.807, 2.05) is 39.0 Å². The second-order valence-corrected chi connectivity index (χ2v) is 6.60. The SMILES string of the molecule is COc1cc(-c2nc(-c3cc(C)c(OC[C@@H](O)CN)c(C)c3)no2)cc(C)n1. The van der Waals surface area contributed by atoms with E-state index in [1.54, 1.807) is 13.2 Å². The van der Waals surface area contributed by atoms with E-state index in [1.165, 1.54) is 0 Å². The molecule has 0 fully saturated rings. The van der Waals surface area contributed by atoms with Gasteiger partial charge in [-0.15, -0.1) is 0 Å². The lowest BCUT2D eigenvalue weighted by Gasteiger charge is -2.15. The number of hydrogen-bond acceptors (Lipinski definition) is 8. The Balaban J connectivity index is 1.88. The van der Waals surface area contributed by atoms with Crippen molar-refractivity contribution in [2.24, 2.45) is 5.73 Å². The van der Waals surface area contributed by atoms with Gasteiger partial charge in [0.2, 0.25) is 11.7 Å². The number of benzene rings is 1. The predicted octanol–water partition coefficient (Wildman–Crippen LogP) is 2.43. The Bertz CT molecular complexity index is 948. The summed E-state index contributed by atoms with van der Waals surface area (Å²) in [4.78, 5) is 8.77. The van der Waals surface area contributed by atoms with Gasteiger partial charge in [-0.1, -0.05) is 5.16 Å². The highest BCUT2D eigenvalue weighted by atomic mass is 16.5. The first-order valence-electron chi connectivity index (χ1n) is 8.90. The standard InChI is InChI=1S/C20H24N4O4/c1-11-5-14(6-12(2)18(11)27-10-16(25)9-21)19-23-20(28-24-19)15-7-13(3)22-17(8-15)26-4/h5-8,16,25H,9-10,21H2,1-4H3/t16-/m0/s1. The van der Waals surface area contributed by atoms with Gasteiger partial charge in [-0.25, -0.2) is 4.98 Å². The molecule has 148 valence electrons. The lowest BCUT2D eigenvalue weighted by atomic mass is 10.1. The predicted molar refractivity (Wildman–Crippen MR) is 104 cm³/mol. The van der Waals surface area contributed by atoms with Gasteiger partial charge in [0.25, 0.3) is 5.89 Å². The number of nitrogens with two attached hydrogens (primary N) is 1. The summed E-state index contributed by atoms with van der Waals surface area (Å²) in [5.41, 5.74) is 9.59. The Morgan fingerprint density at radius 3 is 2.43 bits per heavy atom. The summed E-state index contributed by atoms with van der Waals surface area (Å²) >= 11 is 0. The number of ether oxygens (including phenoxy) is 2. The van der Waals surface area contributed by atoms with Crippen LogP contribution in [0.15, 0.2) is 28.8 Å². The summed E-state index contributed by atoms with van der Waals surface area (Å²) in [5.74, 6) is 2.07. The van der Waals surface area contributed by atoms with Crippen molar-refractivity contribution in [3.05, 3.63) is 41.1 Å². The van der Waals surface area contributed by atoms with Crippen molar-refractivity contribution in [2.75, 3.05) is 20.3 Å². The molecular weight excluding hydrogens is 360 g/mol. The molecule has 0 saturated heterocycles. The van der Waals surface area contributed by atoms with E-state index in [0.29, 0.717) is 17.6 Å². The Labute approximate surface area is 163 Å². The molecule has 3 aromatic rings. The number of hydrogen-bond donors (Lipinski definition) is 2. The molecule has 0 aliphatic rings. The molecular formula is C20H24N4O4. The number of rotatable bonds is 7. The van der Waals surface area contributed by atoms with E-state index in [9.17, 15) is 5.11 Å². The molecule has 2 heterocycles. The number of nitrogens with zero attached hydrogens (tertiary/aromatic N) is 3. The molecule has 0 radical (unpaired) electrons. The smallest absolute Gasteiger partial charge is 0.258 e. The molecule has 8 nitrogen and oxygen atoms in total. The monoisotopic (exact) mass is 384 g/mol. The normalized spacial score (nSPS) is 12.1. The van der Waals surface area contributed by atoms with Crippen molar-refractivity contribution in [3.8, 4) is 34.5 Å². The van der Waals surface area contributed by atoms with E-state index < -0.39 is 6.10 Å². The van der Waals surface area contributed by atoms with Crippen LogP contribution >= 0.6 is 0 Å². The average Bonchev–Trinajstić information content (AvgIpc) is 3.16. The van der Waals surface area contributed by atoms with Crippen LogP contribution in [0.25, 0.3) is 22.8 Å². The van der Waals surface area contributed by atoms with Crippen LogP contribution in [0.1, 0.15) is 16.8 Å². The third-order valence-corrected chi connectivity index (χ3v) is 4.22. The Kier molecular flexibility index (Phi) is 5.91. The molecule has 0 spiro atoms. The van der Waals surface area contributed by atoms with Gasteiger partial charge in [-0.3, -0.25) is 0 Å². The number of methoxy groups -OCH3 is 1.